The highest BCUT2D eigenvalue weighted by Gasteiger charge is 2.48. The molecule has 2 aromatic carbocycles. The van der Waals surface area contributed by atoms with Crippen molar-refractivity contribution in [3.8, 4) is 11.5 Å². The molecule has 1 fully saturated rings. The van der Waals surface area contributed by atoms with Gasteiger partial charge in [-0.1, -0.05) is 41.9 Å². The molecule has 128 valence electrons. The summed E-state index contributed by atoms with van der Waals surface area (Å²) < 4.78 is 10.6. The smallest absolute Gasteiger partial charge is 0.325 e. The summed E-state index contributed by atoms with van der Waals surface area (Å²) >= 11 is 6.18. The number of benzene rings is 2. The maximum Gasteiger partial charge on any atom is 0.325 e. The molecular weight excluding hydrogens is 344 g/mol. The Bertz CT molecular complexity index is 871. The second-order valence-electron chi connectivity index (χ2n) is 6.12. The molecule has 2 aliphatic rings. The lowest BCUT2D eigenvalue weighted by atomic mass is 9.92. The Morgan fingerprint density at radius 1 is 1.20 bits per heavy atom. The molecule has 1 atom stereocenters. The van der Waals surface area contributed by atoms with Gasteiger partial charge >= 0.3 is 6.03 Å². The molecule has 0 radical (unpaired) electrons. The van der Waals surface area contributed by atoms with Gasteiger partial charge in [-0.05, 0) is 30.2 Å². The van der Waals surface area contributed by atoms with Crippen LogP contribution in [-0.2, 0) is 16.9 Å². The lowest BCUT2D eigenvalue weighted by Gasteiger charge is -2.22. The van der Waals surface area contributed by atoms with Crippen molar-refractivity contribution in [2.75, 3.05) is 6.79 Å². The highest BCUT2D eigenvalue weighted by atomic mass is 35.5. The summed E-state index contributed by atoms with van der Waals surface area (Å²) in [6.45, 7) is 1.91. The van der Waals surface area contributed by atoms with E-state index in [9.17, 15) is 9.59 Å². The molecule has 6 nitrogen and oxygen atoms in total. The number of hydrogen-bond donors (Lipinski definition) is 1. The van der Waals surface area contributed by atoms with Crippen LogP contribution in [0.3, 0.4) is 0 Å². The summed E-state index contributed by atoms with van der Waals surface area (Å²) in [5, 5.41) is 3.17. The number of hydrogen-bond acceptors (Lipinski definition) is 4. The lowest BCUT2D eigenvalue weighted by molar-refractivity contribution is -0.131. The predicted molar refractivity (Wildman–Crippen MR) is 90.5 cm³/mol. The van der Waals surface area contributed by atoms with Gasteiger partial charge in [0.15, 0.2) is 11.5 Å². The van der Waals surface area contributed by atoms with Gasteiger partial charge in [-0.2, -0.15) is 0 Å². The van der Waals surface area contributed by atoms with Crippen LogP contribution in [0.1, 0.15) is 18.1 Å². The van der Waals surface area contributed by atoms with Crippen LogP contribution in [0.15, 0.2) is 42.5 Å². The third-order valence-electron chi connectivity index (χ3n) is 4.45. The quantitative estimate of drug-likeness (QED) is 0.856. The number of nitrogens with zero attached hydrogens (tertiary/aromatic N) is 1. The summed E-state index contributed by atoms with van der Waals surface area (Å²) in [5.41, 5.74) is 0.341. The molecule has 3 amide bonds. The topological polar surface area (TPSA) is 67.9 Å². The minimum absolute atomic E-state index is 0.101. The third kappa shape index (κ3) is 2.49. The standard InChI is InChI=1S/C18H15ClN2O4/c1-18(12-5-3-2-4-6-12)16(22)21(17(23)20-18)9-11-7-13(19)15-14(8-11)24-10-25-15/h2-8H,9-10H2,1H3,(H,20,23). The van der Waals surface area contributed by atoms with Crippen molar-refractivity contribution in [3.63, 3.8) is 0 Å². The first-order chi connectivity index (χ1) is 12.0. The van der Waals surface area contributed by atoms with Crippen LogP contribution >= 0.6 is 11.6 Å². The van der Waals surface area contributed by atoms with Crippen LogP contribution in [0.5, 0.6) is 11.5 Å². The first-order valence-electron chi connectivity index (χ1n) is 7.77. The first-order valence-corrected chi connectivity index (χ1v) is 8.14. The Kier molecular flexibility index (Phi) is 3.58. The Hall–Kier alpha value is -2.73. The van der Waals surface area contributed by atoms with Crippen molar-refractivity contribution in [1.29, 1.82) is 0 Å². The number of imide groups is 1. The normalized spacial score (nSPS) is 21.6. The first kappa shape index (κ1) is 15.8. The van der Waals surface area contributed by atoms with Crippen molar-refractivity contribution < 1.29 is 19.1 Å². The number of fused-ring (bicyclic) bond motifs is 1. The third-order valence-corrected chi connectivity index (χ3v) is 4.73. The number of nitrogens with one attached hydrogen (secondary N) is 1. The van der Waals surface area contributed by atoms with Gasteiger partial charge in [0.25, 0.3) is 5.91 Å². The summed E-state index contributed by atoms with van der Waals surface area (Å²) in [5.74, 6) is 0.689. The maximum atomic E-state index is 12.9. The fourth-order valence-electron chi connectivity index (χ4n) is 3.10. The van der Waals surface area contributed by atoms with Crippen LogP contribution in [0.25, 0.3) is 0 Å². The molecule has 0 aliphatic carbocycles. The lowest BCUT2D eigenvalue weighted by Crippen LogP contribution is -2.40. The van der Waals surface area contributed by atoms with Crippen molar-refractivity contribution >= 4 is 23.5 Å². The highest BCUT2D eigenvalue weighted by molar-refractivity contribution is 6.32. The molecule has 2 aliphatic heterocycles. The van der Waals surface area contributed by atoms with E-state index in [1.807, 2.05) is 30.3 Å². The molecule has 1 saturated heterocycles. The van der Waals surface area contributed by atoms with Gasteiger partial charge in [-0.3, -0.25) is 9.69 Å². The molecule has 0 bridgehead atoms. The molecule has 25 heavy (non-hydrogen) atoms. The molecule has 2 aromatic rings. The van der Waals surface area contributed by atoms with E-state index in [1.54, 1.807) is 19.1 Å². The molecule has 7 heteroatoms. The minimum Gasteiger partial charge on any atom is -0.454 e. The molecule has 0 spiro atoms. The number of carbonyl (C=O) groups excluding carboxylic acids is 2. The zero-order chi connectivity index (χ0) is 17.6. The van der Waals surface area contributed by atoms with Crippen LogP contribution in [0, 0.1) is 0 Å². The van der Waals surface area contributed by atoms with Gasteiger partial charge < -0.3 is 14.8 Å². The van der Waals surface area contributed by atoms with E-state index in [4.69, 9.17) is 21.1 Å². The number of halogens is 1. The van der Waals surface area contributed by atoms with Gasteiger partial charge in [0, 0.05) is 0 Å². The molecule has 2 heterocycles. The Balaban J connectivity index is 1.63. The largest absolute Gasteiger partial charge is 0.454 e. The minimum atomic E-state index is -1.08. The van der Waals surface area contributed by atoms with E-state index in [0.717, 1.165) is 5.56 Å². The zero-order valence-corrected chi connectivity index (χ0v) is 14.2. The van der Waals surface area contributed by atoms with E-state index in [0.29, 0.717) is 22.1 Å². The van der Waals surface area contributed by atoms with Gasteiger partial charge in [-0.15, -0.1) is 0 Å². The maximum absolute atomic E-state index is 12.9. The number of ether oxygens (including phenoxy) is 2. The van der Waals surface area contributed by atoms with E-state index >= 15 is 0 Å². The second kappa shape index (κ2) is 5.67. The van der Waals surface area contributed by atoms with Gasteiger partial charge in [0.05, 0.1) is 11.6 Å². The molecular formula is C18H15ClN2O4. The van der Waals surface area contributed by atoms with Gasteiger partial charge in [0.1, 0.15) is 5.54 Å². The van der Waals surface area contributed by atoms with Crippen molar-refractivity contribution in [3.05, 3.63) is 58.6 Å². The van der Waals surface area contributed by atoms with Gasteiger partial charge in [-0.25, -0.2) is 4.79 Å². The predicted octanol–water partition coefficient (Wildman–Crippen LogP) is 3.04. The molecule has 0 aromatic heterocycles. The SMILES string of the molecule is CC1(c2ccccc2)NC(=O)N(Cc2cc(Cl)c3c(c2)OCO3)C1=O. The fourth-order valence-corrected chi connectivity index (χ4v) is 3.39. The number of urea groups is 1. The summed E-state index contributed by atoms with van der Waals surface area (Å²) in [7, 11) is 0. The van der Waals surface area contributed by atoms with E-state index < -0.39 is 11.6 Å². The molecule has 0 saturated carbocycles. The van der Waals surface area contributed by atoms with Crippen LogP contribution in [0.2, 0.25) is 5.02 Å². The molecule has 1 unspecified atom stereocenters. The van der Waals surface area contributed by atoms with Crippen LogP contribution in [0.4, 0.5) is 4.79 Å². The van der Waals surface area contributed by atoms with Crippen molar-refractivity contribution in [1.82, 2.24) is 10.2 Å². The Morgan fingerprint density at radius 3 is 2.72 bits per heavy atom. The number of carbonyl (C=O) groups is 2. The van der Waals surface area contributed by atoms with Crippen LogP contribution in [-0.4, -0.2) is 23.6 Å². The number of amides is 3. The monoisotopic (exact) mass is 358 g/mol. The Labute approximate surface area is 149 Å². The number of rotatable bonds is 3. The summed E-state index contributed by atoms with van der Waals surface area (Å²) in [6.07, 6.45) is 0. The van der Waals surface area contributed by atoms with Crippen LogP contribution < -0.4 is 14.8 Å². The average Bonchev–Trinajstić information content (AvgIpc) is 3.16. The van der Waals surface area contributed by atoms with E-state index in [2.05, 4.69) is 5.32 Å². The summed E-state index contributed by atoms with van der Waals surface area (Å²) in [6, 6.07) is 12.1. The van der Waals surface area contributed by atoms with E-state index in [1.165, 1.54) is 4.90 Å². The molecule has 4 rings (SSSR count). The Morgan fingerprint density at radius 2 is 1.96 bits per heavy atom. The van der Waals surface area contributed by atoms with Crippen molar-refractivity contribution in [2.24, 2.45) is 0 Å². The fraction of sp³-hybridized carbons (Fsp3) is 0.222. The highest BCUT2D eigenvalue weighted by Crippen LogP contribution is 2.40. The average molecular weight is 359 g/mol. The molecule has 1 N–H and O–H groups in total. The second-order valence-corrected chi connectivity index (χ2v) is 6.53. The summed E-state index contributed by atoms with van der Waals surface area (Å²) in [4.78, 5) is 26.5. The van der Waals surface area contributed by atoms with E-state index in [-0.39, 0.29) is 19.2 Å². The van der Waals surface area contributed by atoms with Gasteiger partial charge in [0.2, 0.25) is 6.79 Å². The zero-order valence-electron chi connectivity index (χ0n) is 13.4. The van der Waals surface area contributed by atoms with Crippen molar-refractivity contribution in [2.45, 2.75) is 19.0 Å².